The van der Waals surface area contributed by atoms with Gasteiger partial charge in [0.1, 0.15) is 19.8 Å². The van der Waals surface area contributed by atoms with E-state index in [1.807, 2.05) is 66.7 Å². The van der Waals surface area contributed by atoms with Gasteiger partial charge in [0.2, 0.25) is 0 Å². The van der Waals surface area contributed by atoms with Crippen molar-refractivity contribution in [2.45, 2.75) is 39.4 Å². The van der Waals surface area contributed by atoms with Crippen LogP contribution in [0.3, 0.4) is 0 Å². The second-order valence-corrected chi connectivity index (χ2v) is 8.60. The van der Waals surface area contributed by atoms with Gasteiger partial charge in [-0.3, -0.25) is 5.32 Å². The Labute approximate surface area is 195 Å². The lowest BCUT2D eigenvalue weighted by molar-refractivity contribution is 0.131. The fourth-order valence-electron chi connectivity index (χ4n) is 3.28. The second kappa shape index (κ2) is 11.4. The number of benzene rings is 3. The van der Waals surface area contributed by atoms with Crippen molar-refractivity contribution in [3.63, 3.8) is 0 Å². The summed E-state index contributed by atoms with van der Waals surface area (Å²) in [5, 5.41) is 11.7. The first-order valence-electron chi connectivity index (χ1n) is 10.9. The Balaban J connectivity index is 1.99. The predicted octanol–water partition coefficient (Wildman–Crippen LogP) is 5.68. The quantitative estimate of drug-likeness (QED) is 0.439. The van der Waals surface area contributed by atoms with Crippen LogP contribution in [0.2, 0.25) is 0 Å². The number of rotatable bonds is 9. The molecular formula is C27H31NO5. The number of aliphatic hydroxyl groups excluding tert-OH is 1. The summed E-state index contributed by atoms with van der Waals surface area (Å²) in [6.07, 6.45) is -0.675. The summed E-state index contributed by atoms with van der Waals surface area (Å²) in [6, 6.07) is 23.4. The van der Waals surface area contributed by atoms with Crippen molar-refractivity contribution in [2.75, 3.05) is 18.5 Å². The maximum Gasteiger partial charge on any atom is 0.411 e. The Hall–Kier alpha value is -3.51. The number of aliphatic hydroxyl groups is 1. The van der Waals surface area contributed by atoms with Crippen LogP contribution < -0.4 is 14.8 Å². The Morgan fingerprint density at radius 2 is 1.36 bits per heavy atom. The number of nitrogens with one attached hydrogen (secondary N) is 1. The van der Waals surface area contributed by atoms with E-state index in [1.54, 1.807) is 6.07 Å². The van der Waals surface area contributed by atoms with E-state index in [1.165, 1.54) is 0 Å². The van der Waals surface area contributed by atoms with Gasteiger partial charge >= 0.3 is 6.09 Å². The molecule has 6 heteroatoms. The molecule has 0 aliphatic rings. The standard InChI is InChI=1S/C27H31NO5/c1-27(2,3)22-14-15-23(28-26(30)31-17-16-29)25(33-19-21-12-8-5-9-13-21)24(22)32-18-20-10-6-4-7-11-20/h4-15,29H,16-19H2,1-3H3,(H,28,30). The van der Waals surface area contributed by atoms with Crippen LogP contribution in [0.25, 0.3) is 0 Å². The van der Waals surface area contributed by atoms with Gasteiger partial charge in [0.05, 0.1) is 12.3 Å². The average molecular weight is 450 g/mol. The molecular weight excluding hydrogens is 418 g/mol. The van der Waals surface area contributed by atoms with E-state index >= 15 is 0 Å². The molecule has 0 aromatic heterocycles. The summed E-state index contributed by atoms with van der Waals surface area (Å²) < 4.78 is 17.5. The Kier molecular flexibility index (Phi) is 8.33. The van der Waals surface area contributed by atoms with Crippen molar-refractivity contribution in [1.82, 2.24) is 0 Å². The van der Waals surface area contributed by atoms with Crippen molar-refractivity contribution in [1.29, 1.82) is 0 Å². The van der Waals surface area contributed by atoms with E-state index in [9.17, 15) is 4.79 Å². The number of hydrogen-bond donors (Lipinski definition) is 2. The van der Waals surface area contributed by atoms with Gasteiger partial charge in [-0.05, 0) is 22.6 Å². The lowest BCUT2D eigenvalue weighted by Gasteiger charge is -2.26. The van der Waals surface area contributed by atoms with Crippen molar-refractivity contribution < 1.29 is 24.1 Å². The molecule has 1 amide bonds. The van der Waals surface area contributed by atoms with Gasteiger partial charge in [-0.2, -0.15) is 0 Å². The van der Waals surface area contributed by atoms with Gasteiger partial charge in [0.25, 0.3) is 0 Å². The van der Waals surface area contributed by atoms with E-state index in [4.69, 9.17) is 19.3 Å². The minimum Gasteiger partial charge on any atom is -0.485 e. The van der Waals surface area contributed by atoms with Crippen LogP contribution in [0.15, 0.2) is 72.8 Å². The summed E-state index contributed by atoms with van der Waals surface area (Å²) in [5.41, 5.74) is 3.17. The zero-order valence-corrected chi connectivity index (χ0v) is 19.3. The molecule has 0 saturated heterocycles. The number of carbonyl (C=O) groups is 1. The van der Waals surface area contributed by atoms with Crippen LogP contribution in [0.5, 0.6) is 11.5 Å². The number of carbonyl (C=O) groups excluding carboxylic acids is 1. The molecule has 2 N–H and O–H groups in total. The Morgan fingerprint density at radius 3 is 1.88 bits per heavy atom. The van der Waals surface area contributed by atoms with Crippen molar-refractivity contribution in [2.24, 2.45) is 0 Å². The smallest absolute Gasteiger partial charge is 0.411 e. The van der Waals surface area contributed by atoms with E-state index in [2.05, 4.69) is 26.1 Å². The number of anilines is 1. The number of ether oxygens (including phenoxy) is 3. The highest BCUT2D eigenvalue weighted by atomic mass is 16.6. The molecule has 0 fully saturated rings. The highest BCUT2D eigenvalue weighted by Crippen LogP contribution is 2.44. The van der Waals surface area contributed by atoms with Crippen LogP contribution in [-0.4, -0.2) is 24.4 Å². The van der Waals surface area contributed by atoms with Crippen molar-refractivity contribution in [3.8, 4) is 11.5 Å². The maximum atomic E-state index is 12.2. The molecule has 3 rings (SSSR count). The van der Waals surface area contributed by atoms with Crippen LogP contribution in [-0.2, 0) is 23.4 Å². The largest absolute Gasteiger partial charge is 0.485 e. The van der Waals surface area contributed by atoms with E-state index < -0.39 is 6.09 Å². The highest BCUT2D eigenvalue weighted by molar-refractivity contribution is 5.88. The topological polar surface area (TPSA) is 77.0 Å². The molecule has 0 aliphatic carbocycles. The first-order chi connectivity index (χ1) is 15.9. The summed E-state index contributed by atoms with van der Waals surface area (Å²) in [7, 11) is 0. The maximum absolute atomic E-state index is 12.2. The van der Waals surface area contributed by atoms with E-state index in [0.717, 1.165) is 16.7 Å². The van der Waals surface area contributed by atoms with E-state index in [0.29, 0.717) is 30.4 Å². The van der Waals surface area contributed by atoms with Crippen LogP contribution in [0.4, 0.5) is 10.5 Å². The minimum absolute atomic E-state index is 0.0938. The average Bonchev–Trinajstić information content (AvgIpc) is 2.81. The van der Waals surface area contributed by atoms with Gasteiger partial charge in [0, 0.05) is 5.56 Å². The van der Waals surface area contributed by atoms with E-state index in [-0.39, 0.29) is 18.6 Å². The fourth-order valence-corrected chi connectivity index (χ4v) is 3.28. The van der Waals surface area contributed by atoms with Gasteiger partial charge in [-0.25, -0.2) is 4.79 Å². The molecule has 0 saturated carbocycles. The molecule has 174 valence electrons. The van der Waals surface area contributed by atoms with Gasteiger partial charge in [-0.15, -0.1) is 0 Å². The monoisotopic (exact) mass is 449 g/mol. The fraction of sp³-hybridized carbons (Fsp3) is 0.296. The highest BCUT2D eigenvalue weighted by Gasteiger charge is 2.26. The SMILES string of the molecule is CC(C)(C)c1ccc(NC(=O)OCCO)c(OCc2ccccc2)c1OCc1ccccc1. The molecule has 0 atom stereocenters. The first kappa shape index (κ1) is 24.1. The second-order valence-electron chi connectivity index (χ2n) is 8.60. The van der Waals surface area contributed by atoms with Crippen LogP contribution in [0.1, 0.15) is 37.5 Å². The van der Waals surface area contributed by atoms with Crippen molar-refractivity contribution in [3.05, 3.63) is 89.5 Å². The lowest BCUT2D eigenvalue weighted by atomic mass is 9.86. The third-order valence-corrected chi connectivity index (χ3v) is 4.93. The summed E-state index contributed by atoms with van der Waals surface area (Å²) in [5.74, 6) is 1.01. The molecule has 6 nitrogen and oxygen atoms in total. The lowest BCUT2D eigenvalue weighted by Crippen LogP contribution is -2.19. The summed E-state index contributed by atoms with van der Waals surface area (Å²) in [4.78, 5) is 12.2. The molecule has 0 radical (unpaired) electrons. The van der Waals surface area contributed by atoms with Crippen LogP contribution >= 0.6 is 0 Å². The molecule has 33 heavy (non-hydrogen) atoms. The number of hydrogen-bond acceptors (Lipinski definition) is 5. The third-order valence-electron chi connectivity index (χ3n) is 4.93. The van der Waals surface area contributed by atoms with Gasteiger partial charge in [-0.1, -0.05) is 87.5 Å². The molecule has 0 aliphatic heterocycles. The Morgan fingerprint density at radius 1 is 0.818 bits per heavy atom. The molecule has 0 unspecified atom stereocenters. The van der Waals surface area contributed by atoms with Crippen molar-refractivity contribution >= 4 is 11.8 Å². The zero-order chi connectivity index (χ0) is 23.7. The normalized spacial score (nSPS) is 11.0. The first-order valence-corrected chi connectivity index (χ1v) is 10.9. The molecule has 0 bridgehead atoms. The van der Waals surface area contributed by atoms with Crippen LogP contribution in [0, 0.1) is 0 Å². The molecule has 3 aromatic carbocycles. The minimum atomic E-state index is -0.675. The van der Waals surface area contributed by atoms with Gasteiger partial charge < -0.3 is 19.3 Å². The zero-order valence-electron chi connectivity index (χ0n) is 19.3. The summed E-state index contributed by atoms with van der Waals surface area (Å²) in [6.45, 7) is 6.60. The molecule has 0 heterocycles. The Bertz CT molecular complexity index is 1030. The third kappa shape index (κ3) is 6.99. The summed E-state index contributed by atoms with van der Waals surface area (Å²) >= 11 is 0. The van der Waals surface area contributed by atoms with Gasteiger partial charge in [0.15, 0.2) is 11.5 Å². The predicted molar refractivity (Wildman–Crippen MR) is 129 cm³/mol. The molecule has 0 spiro atoms. The number of amides is 1. The molecule has 3 aromatic rings.